The summed E-state index contributed by atoms with van der Waals surface area (Å²) >= 11 is 0. The average Bonchev–Trinajstić information content (AvgIpc) is 3.10. The number of aryl methyl sites for hydroxylation is 1. The summed E-state index contributed by atoms with van der Waals surface area (Å²) in [6, 6.07) is 12.7. The van der Waals surface area contributed by atoms with Gasteiger partial charge in [-0.3, -0.25) is 9.59 Å². The molecule has 0 aromatic heterocycles. The van der Waals surface area contributed by atoms with Gasteiger partial charge in [-0.05, 0) is 36.6 Å². The number of carbonyl (C=O) groups is 2. The minimum absolute atomic E-state index is 0.0373. The van der Waals surface area contributed by atoms with Crippen LogP contribution in [0.4, 0.5) is 8.78 Å². The average molecular weight is 432 g/mol. The Morgan fingerprint density at radius 2 is 1.87 bits per heavy atom. The minimum Gasteiger partial charge on any atom is -0.493 e. The smallest absolute Gasteiger partial charge is 0.387 e. The fourth-order valence-electron chi connectivity index (χ4n) is 3.55. The van der Waals surface area contributed by atoms with Crippen molar-refractivity contribution < 1.29 is 27.8 Å². The first kappa shape index (κ1) is 22.5. The van der Waals surface area contributed by atoms with E-state index < -0.39 is 12.5 Å². The predicted octanol–water partition coefficient (Wildman–Crippen LogP) is 3.31. The van der Waals surface area contributed by atoms with Gasteiger partial charge in [0.15, 0.2) is 11.5 Å². The molecule has 0 saturated carbocycles. The topological polar surface area (TPSA) is 67.9 Å². The van der Waals surface area contributed by atoms with Crippen molar-refractivity contribution in [2.75, 3.05) is 20.2 Å². The highest BCUT2D eigenvalue weighted by Gasteiger charge is 2.34. The van der Waals surface area contributed by atoms with Gasteiger partial charge in [0.1, 0.15) is 0 Å². The summed E-state index contributed by atoms with van der Waals surface area (Å²) in [6.07, 6.45) is 0.621. The van der Waals surface area contributed by atoms with Crippen molar-refractivity contribution in [3.05, 3.63) is 59.2 Å². The maximum atomic E-state index is 12.6. The molecule has 0 radical (unpaired) electrons. The fourth-order valence-corrected chi connectivity index (χ4v) is 3.55. The van der Waals surface area contributed by atoms with Crippen molar-refractivity contribution in [2.24, 2.45) is 5.92 Å². The Morgan fingerprint density at radius 3 is 2.55 bits per heavy atom. The molecule has 2 aromatic rings. The number of alkyl halides is 2. The lowest BCUT2D eigenvalue weighted by molar-refractivity contribution is -0.129. The minimum atomic E-state index is -2.95. The third-order valence-corrected chi connectivity index (χ3v) is 5.24. The molecule has 3 rings (SSSR count). The van der Waals surface area contributed by atoms with Gasteiger partial charge >= 0.3 is 6.61 Å². The first-order valence-electron chi connectivity index (χ1n) is 10.1. The molecule has 166 valence electrons. The van der Waals surface area contributed by atoms with Crippen LogP contribution in [0.15, 0.2) is 42.5 Å². The van der Waals surface area contributed by atoms with Crippen molar-refractivity contribution in [1.82, 2.24) is 10.2 Å². The second kappa shape index (κ2) is 10.2. The van der Waals surface area contributed by atoms with Crippen LogP contribution >= 0.6 is 0 Å². The van der Waals surface area contributed by atoms with E-state index in [0.717, 1.165) is 16.7 Å². The molecule has 0 bridgehead atoms. The lowest BCUT2D eigenvalue weighted by atomic mass is 10.1. The van der Waals surface area contributed by atoms with Crippen molar-refractivity contribution in [2.45, 2.75) is 32.9 Å². The Kier molecular flexibility index (Phi) is 7.44. The van der Waals surface area contributed by atoms with Gasteiger partial charge in [-0.1, -0.05) is 35.9 Å². The molecule has 2 amide bonds. The molecular formula is C23H26F2N2O4. The van der Waals surface area contributed by atoms with Gasteiger partial charge in [0.05, 0.1) is 13.0 Å². The number of carbonyl (C=O) groups excluding carboxylic acids is 2. The fraction of sp³-hybridized carbons (Fsp3) is 0.391. The number of benzene rings is 2. The van der Waals surface area contributed by atoms with Gasteiger partial charge in [0.25, 0.3) is 0 Å². The number of halogens is 2. The molecule has 1 aliphatic heterocycles. The van der Waals surface area contributed by atoms with Crippen LogP contribution in [0.3, 0.4) is 0 Å². The Bertz CT molecular complexity index is 918. The molecule has 1 atom stereocenters. The zero-order valence-corrected chi connectivity index (χ0v) is 17.6. The standard InChI is InChI=1S/C23H26F2N2O4/c1-15-3-5-17(6-4-15)13-27-14-18(12-21(27)28)22(29)26-10-9-16-7-8-19(30-2)20(11-16)31-23(24)25/h3-8,11,18,23H,9-10,12-14H2,1-2H3,(H,26,29). The van der Waals surface area contributed by atoms with E-state index in [1.54, 1.807) is 17.0 Å². The summed E-state index contributed by atoms with van der Waals surface area (Å²) in [5, 5.41) is 2.84. The molecule has 1 saturated heterocycles. The van der Waals surface area contributed by atoms with Crippen LogP contribution in [0.2, 0.25) is 0 Å². The molecule has 31 heavy (non-hydrogen) atoms. The van der Waals surface area contributed by atoms with Crippen molar-refractivity contribution in [1.29, 1.82) is 0 Å². The van der Waals surface area contributed by atoms with Gasteiger partial charge < -0.3 is 19.7 Å². The summed E-state index contributed by atoms with van der Waals surface area (Å²) in [5.41, 5.74) is 2.90. The number of hydrogen-bond donors (Lipinski definition) is 1. The highest BCUT2D eigenvalue weighted by molar-refractivity contribution is 5.89. The largest absolute Gasteiger partial charge is 0.493 e. The molecule has 2 aromatic carbocycles. The normalized spacial score (nSPS) is 16.0. The van der Waals surface area contributed by atoms with Gasteiger partial charge in [-0.25, -0.2) is 0 Å². The number of methoxy groups -OCH3 is 1. The molecule has 1 unspecified atom stereocenters. The zero-order chi connectivity index (χ0) is 22.4. The van der Waals surface area contributed by atoms with E-state index in [1.165, 1.54) is 13.2 Å². The van der Waals surface area contributed by atoms with E-state index in [9.17, 15) is 18.4 Å². The number of nitrogens with one attached hydrogen (secondary N) is 1. The van der Waals surface area contributed by atoms with Crippen LogP contribution in [-0.2, 0) is 22.6 Å². The maximum absolute atomic E-state index is 12.6. The third-order valence-electron chi connectivity index (χ3n) is 5.24. The second-order valence-electron chi connectivity index (χ2n) is 7.57. The van der Waals surface area contributed by atoms with E-state index in [1.807, 2.05) is 31.2 Å². The van der Waals surface area contributed by atoms with Crippen molar-refractivity contribution in [3.63, 3.8) is 0 Å². The van der Waals surface area contributed by atoms with Gasteiger partial charge in [0, 0.05) is 26.1 Å². The highest BCUT2D eigenvalue weighted by atomic mass is 19.3. The number of rotatable bonds is 9. The van der Waals surface area contributed by atoms with Crippen LogP contribution in [0, 0.1) is 12.8 Å². The molecule has 1 heterocycles. The van der Waals surface area contributed by atoms with Gasteiger partial charge in [-0.15, -0.1) is 0 Å². The number of ether oxygens (including phenoxy) is 2. The number of nitrogens with zero attached hydrogens (tertiary/aromatic N) is 1. The lowest BCUT2D eigenvalue weighted by Crippen LogP contribution is -2.34. The quantitative estimate of drug-likeness (QED) is 0.660. The molecule has 1 aliphatic rings. The number of amides is 2. The van der Waals surface area contributed by atoms with Crippen LogP contribution in [0.25, 0.3) is 0 Å². The summed E-state index contributed by atoms with van der Waals surface area (Å²) in [6.45, 7) is 0.243. The molecule has 1 fully saturated rings. The zero-order valence-electron chi connectivity index (χ0n) is 17.6. The van der Waals surface area contributed by atoms with Crippen LogP contribution in [0.5, 0.6) is 11.5 Å². The van der Waals surface area contributed by atoms with E-state index in [2.05, 4.69) is 10.1 Å². The van der Waals surface area contributed by atoms with E-state index in [4.69, 9.17) is 4.74 Å². The molecule has 1 N–H and O–H groups in total. The Morgan fingerprint density at radius 1 is 1.16 bits per heavy atom. The lowest BCUT2D eigenvalue weighted by Gasteiger charge is -2.17. The molecule has 6 nitrogen and oxygen atoms in total. The monoisotopic (exact) mass is 432 g/mol. The van der Waals surface area contributed by atoms with Gasteiger partial charge in [0.2, 0.25) is 11.8 Å². The van der Waals surface area contributed by atoms with E-state index in [-0.39, 0.29) is 29.7 Å². The Balaban J connectivity index is 1.50. The highest BCUT2D eigenvalue weighted by Crippen LogP contribution is 2.29. The van der Waals surface area contributed by atoms with Crippen LogP contribution in [0.1, 0.15) is 23.1 Å². The Hall–Kier alpha value is -3.16. The molecule has 8 heteroatoms. The van der Waals surface area contributed by atoms with Crippen LogP contribution in [-0.4, -0.2) is 43.5 Å². The Labute approximate surface area is 180 Å². The van der Waals surface area contributed by atoms with E-state index in [0.29, 0.717) is 26.1 Å². The second-order valence-corrected chi connectivity index (χ2v) is 7.57. The summed E-state index contributed by atoms with van der Waals surface area (Å²) in [5.74, 6) is -0.450. The van der Waals surface area contributed by atoms with Crippen LogP contribution < -0.4 is 14.8 Å². The van der Waals surface area contributed by atoms with E-state index >= 15 is 0 Å². The third kappa shape index (κ3) is 6.16. The summed E-state index contributed by atoms with van der Waals surface area (Å²) < 4.78 is 34.6. The van der Waals surface area contributed by atoms with Gasteiger partial charge in [-0.2, -0.15) is 8.78 Å². The SMILES string of the molecule is COc1ccc(CCNC(=O)C2CC(=O)N(Cc3ccc(C)cc3)C2)cc1OC(F)F. The molecule has 0 aliphatic carbocycles. The first-order valence-corrected chi connectivity index (χ1v) is 10.1. The molecular weight excluding hydrogens is 406 g/mol. The number of hydrogen-bond acceptors (Lipinski definition) is 4. The maximum Gasteiger partial charge on any atom is 0.387 e. The number of likely N-dealkylation sites (tertiary alicyclic amines) is 1. The predicted molar refractivity (Wildman–Crippen MR) is 111 cm³/mol. The summed E-state index contributed by atoms with van der Waals surface area (Å²) in [4.78, 5) is 26.5. The first-order chi connectivity index (χ1) is 14.9. The summed E-state index contributed by atoms with van der Waals surface area (Å²) in [7, 11) is 1.37. The van der Waals surface area contributed by atoms with Crippen molar-refractivity contribution >= 4 is 11.8 Å². The molecule has 0 spiro atoms. The van der Waals surface area contributed by atoms with Crippen molar-refractivity contribution in [3.8, 4) is 11.5 Å².